The van der Waals surface area contributed by atoms with Crippen molar-refractivity contribution in [2.75, 3.05) is 20.6 Å². The average molecular weight is 434 g/mol. The number of nitrogens with one attached hydrogen (secondary N) is 1. The highest BCUT2D eigenvalue weighted by atomic mass is 16.2. The molecule has 6 heteroatoms. The van der Waals surface area contributed by atoms with Crippen LogP contribution in [0.5, 0.6) is 0 Å². The van der Waals surface area contributed by atoms with Crippen LogP contribution in [0, 0.1) is 0 Å². The molecular weight excluding hydrogens is 402 g/mol. The van der Waals surface area contributed by atoms with Crippen LogP contribution in [0.3, 0.4) is 0 Å². The first-order valence-corrected chi connectivity index (χ1v) is 11.4. The van der Waals surface area contributed by atoms with Gasteiger partial charge >= 0.3 is 0 Å². The fraction of sp³-hybridized carbons (Fsp3) is 0.423. The summed E-state index contributed by atoms with van der Waals surface area (Å²) in [6.45, 7) is 0.474. The number of amides is 3. The molecule has 1 N–H and O–H groups in total. The molecule has 0 saturated heterocycles. The Bertz CT molecular complexity index is 983. The summed E-state index contributed by atoms with van der Waals surface area (Å²) in [5.74, 6) is -1.27. The van der Waals surface area contributed by atoms with Crippen LogP contribution in [0.4, 0.5) is 0 Å². The molecule has 2 atom stereocenters. The Kier molecular flexibility index (Phi) is 6.58. The van der Waals surface area contributed by atoms with E-state index >= 15 is 0 Å². The summed E-state index contributed by atoms with van der Waals surface area (Å²) in [6.07, 6.45) is 4.51. The van der Waals surface area contributed by atoms with E-state index in [1.165, 1.54) is 4.90 Å². The third-order valence-corrected chi connectivity index (χ3v) is 6.63. The number of hydrogen-bond acceptors (Lipinski definition) is 3. The smallest absolute Gasteiger partial charge is 0.255 e. The molecule has 1 saturated carbocycles. The Labute approximate surface area is 189 Å². The number of carbonyl (C=O) groups excluding carboxylic acids is 3. The lowest BCUT2D eigenvalue weighted by Crippen LogP contribution is -2.60. The van der Waals surface area contributed by atoms with Gasteiger partial charge in [0.05, 0.1) is 5.92 Å². The van der Waals surface area contributed by atoms with Crippen molar-refractivity contribution in [1.82, 2.24) is 15.1 Å². The molecule has 32 heavy (non-hydrogen) atoms. The number of nitrogens with zero attached hydrogens (tertiary/aromatic N) is 2. The highest BCUT2D eigenvalue weighted by Gasteiger charge is 2.49. The third-order valence-electron chi connectivity index (χ3n) is 6.63. The zero-order valence-electron chi connectivity index (χ0n) is 18.8. The number of rotatable bonds is 6. The highest BCUT2D eigenvalue weighted by Crippen LogP contribution is 2.39. The number of benzene rings is 2. The lowest BCUT2D eigenvalue weighted by Gasteiger charge is -2.44. The van der Waals surface area contributed by atoms with Gasteiger partial charge in [0, 0.05) is 32.2 Å². The monoisotopic (exact) mass is 433 g/mol. The van der Waals surface area contributed by atoms with Crippen molar-refractivity contribution >= 4 is 17.7 Å². The van der Waals surface area contributed by atoms with Gasteiger partial charge in [0.15, 0.2) is 0 Å². The molecular formula is C26H31N3O3. The Morgan fingerprint density at radius 2 is 1.66 bits per heavy atom. The quantitative estimate of drug-likeness (QED) is 0.762. The lowest BCUT2D eigenvalue weighted by atomic mass is 9.80. The van der Waals surface area contributed by atoms with Gasteiger partial charge in [-0.05, 0) is 36.5 Å². The first-order valence-electron chi connectivity index (χ1n) is 11.4. The van der Waals surface area contributed by atoms with E-state index in [1.807, 2.05) is 48.5 Å². The summed E-state index contributed by atoms with van der Waals surface area (Å²) < 4.78 is 0. The third kappa shape index (κ3) is 4.27. The van der Waals surface area contributed by atoms with Gasteiger partial charge in [0.25, 0.3) is 5.91 Å². The molecule has 2 aliphatic rings. The van der Waals surface area contributed by atoms with Crippen LogP contribution in [0.1, 0.15) is 53.1 Å². The first kappa shape index (κ1) is 22.1. The van der Waals surface area contributed by atoms with Gasteiger partial charge in [-0.2, -0.15) is 0 Å². The average Bonchev–Trinajstić information content (AvgIpc) is 3.33. The standard InChI is InChI=1S/C26H31N3O3/c1-28(2)26(32)23-22(24(30)27-17-16-18-10-4-3-5-11-18)20-14-8-9-15-21(20)25(31)29(23)19-12-6-7-13-19/h3-5,8-11,14-15,19,22-23H,6-7,12-13,16-17H2,1-2H3,(H,27,30)/t22-,23-/m1/s1. The van der Waals surface area contributed by atoms with Gasteiger partial charge in [-0.1, -0.05) is 61.4 Å². The second-order valence-electron chi connectivity index (χ2n) is 8.92. The van der Waals surface area contributed by atoms with Crippen molar-refractivity contribution in [2.45, 2.75) is 50.1 Å². The van der Waals surface area contributed by atoms with Gasteiger partial charge in [-0.25, -0.2) is 0 Å². The zero-order valence-corrected chi connectivity index (χ0v) is 18.8. The summed E-state index contributed by atoms with van der Waals surface area (Å²) in [6, 6.07) is 16.4. The topological polar surface area (TPSA) is 69.7 Å². The van der Waals surface area contributed by atoms with E-state index in [0.717, 1.165) is 31.2 Å². The number of fused-ring (bicyclic) bond motifs is 1. The first-order chi connectivity index (χ1) is 15.5. The number of likely N-dealkylation sites (N-methyl/N-ethyl adjacent to an activating group) is 1. The van der Waals surface area contributed by atoms with Crippen LogP contribution in [-0.4, -0.2) is 60.2 Å². The molecule has 0 radical (unpaired) electrons. The Morgan fingerprint density at radius 3 is 2.34 bits per heavy atom. The molecule has 0 unspecified atom stereocenters. The summed E-state index contributed by atoms with van der Waals surface area (Å²) >= 11 is 0. The molecule has 3 amide bonds. The predicted molar refractivity (Wildman–Crippen MR) is 123 cm³/mol. The molecule has 2 aromatic carbocycles. The van der Waals surface area contributed by atoms with Crippen LogP contribution >= 0.6 is 0 Å². The van der Waals surface area contributed by atoms with Crippen molar-refractivity contribution in [3.8, 4) is 0 Å². The van der Waals surface area contributed by atoms with E-state index in [1.54, 1.807) is 25.1 Å². The van der Waals surface area contributed by atoms with Crippen LogP contribution < -0.4 is 5.32 Å². The van der Waals surface area contributed by atoms with Crippen molar-refractivity contribution in [3.05, 3.63) is 71.3 Å². The van der Waals surface area contributed by atoms with E-state index in [-0.39, 0.29) is 23.8 Å². The van der Waals surface area contributed by atoms with E-state index in [4.69, 9.17) is 0 Å². The maximum atomic E-state index is 13.5. The highest BCUT2D eigenvalue weighted by molar-refractivity contribution is 6.06. The molecule has 4 rings (SSSR count). The Morgan fingerprint density at radius 1 is 1.00 bits per heavy atom. The van der Waals surface area contributed by atoms with E-state index in [9.17, 15) is 14.4 Å². The van der Waals surface area contributed by atoms with Gasteiger partial charge in [-0.15, -0.1) is 0 Å². The van der Waals surface area contributed by atoms with E-state index in [2.05, 4.69) is 5.32 Å². The largest absolute Gasteiger partial charge is 0.355 e. The summed E-state index contributed by atoms with van der Waals surface area (Å²) in [4.78, 5) is 43.7. The number of carbonyl (C=O) groups is 3. The minimum absolute atomic E-state index is 0.00984. The summed E-state index contributed by atoms with van der Waals surface area (Å²) in [5, 5.41) is 3.04. The van der Waals surface area contributed by atoms with Crippen LogP contribution in [0.2, 0.25) is 0 Å². The van der Waals surface area contributed by atoms with Gasteiger partial charge < -0.3 is 15.1 Å². The second-order valence-corrected chi connectivity index (χ2v) is 8.92. The molecule has 1 aliphatic carbocycles. The molecule has 1 aliphatic heterocycles. The minimum atomic E-state index is -0.827. The molecule has 1 fully saturated rings. The fourth-order valence-corrected chi connectivity index (χ4v) is 5.03. The van der Waals surface area contributed by atoms with E-state index < -0.39 is 12.0 Å². The van der Waals surface area contributed by atoms with Crippen molar-refractivity contribution in [1.29, 1.82) is 0 Å². The van der Waals surface area contributed by atoms with Gasteiger partial charge in [0.2, 0.25) is 11.8 Å². The van der Waals surface area contributed by atoms with Crippen LogP contribution in [0.15, 0.2) is 54.6 Å². The Hall–Kier alpha value is -3.15. The summed E-state index contributed by atoms with van der Waals surface area (Å²) in [5.41, 5.74) is 2.31. The van der Waals surface area contributed by atoms with Gasteiger partial charge in [0.1, 0.15) is 6.04 Å². The van der Waals surface area contributed by atoms with Crippen LogP contribution in [0.25, 0.3) is 0 Å². The summed E-state index contributed by atoms with van der Waals surface area (Å²) in [7, 11) is 3.37. The fourth-order valence-electron chi connectivity index (χ4n) is 5.03. The maximum absolute atomic E-state index is 13.5. The lowest BCUT2D eigenvalue weighted by molar-refractivity contribution is -0.139. The molecule has 0 aromatic heterocycles. The van der Waals surface area contributed by atoms with Crippen LogP contribution in [-0.2, 0) is 16.0 Å². The van der Waals surface area contributed by atoms with Crippen molar-refractivity contribution in [3.63, 3.8) is 0 Å². The zero-order chi connectivity index (χ0) is 22.7. The number of hydrogen-bond donors (Lipinski definition) is 1. The molecule has 0 bridgehead atoms. The SMILES string of the molecule is CN(C)C(=O)[C@H]1[C@H](C(=O)NCCc2ccccc2)c2ccccc2C(=O)N1C1CCCC1. The minimum Gasteiger partial charge on any atom is -0.355 e. The molecule has 1 heterocycles. The van der Waals surface area contributed by atoms with Gasteiger partial charge in [-0.3, -0.25) is 14.4 Å². The molecule has 2 aromatic rings. The predicted octanol–water partition coefficient (Wildman–Crippen LogP) is 2.98. The molecule has 168 valence electrons. The van der Waals surface area contributed by atoms with Crippen molar-refractivity contribution < 1.29 is 14.4 Å². The maximum Gasteiger partial charge on any atom is 0.255 e. The normalized spacial score (nSPS) is 20.7. The second kappa shape index (κ2) is 9.55. The molecule has 0 spiro atoms. The Balaban J connectivity index is 1.67. The molecule has 6 nitrogen and oxygen atoms in total. The van der Waals surface area contributed by atoms with Crippen molar-refractivity contribution in [2.24, 2.45) is 0 Å². The van der Waals surface area contributed by atoms with E-state index in [0.29, 0.717) is 24.1 Å².